The molecule has 7 nitrogen and oxygen atoms in total. The highest BCUT2D eigenvalue weighted by atomic mass is 16.5. The van der Waals surface area contributed by atoms with E-state index in [0.29, 0.717) is 0 Å². The zero-order valence-corrected chi connectivity index (χ0v) is 10.7. The van der Waals surface area contributed by atoms with E-state index in [1.807, 2.05) is 13.8 Å². The Kier molecular flexibility index (Phi) is 7.28. The summed E-state index contributed by atoms with van der Waals surface area (Å²) >= 11 is 0. The lowest BCUT2D eigenvalue weighted by atomic mass is 10.0. The van der Waals surface area contributed by atoms with Crippen molar-refractivity contribution in [3.05, 3.63) is 4.91 Å². The summed E-state index contributed by atoms with van der Waals surface area (Å²) in [4.78, 5) is 33.4. The normalized spacial score (nSPS) is 13.3. The number of nitriles is 1. The third-order valence-corrected chi connectivity index (χ3v) is 2.06. The molecule has 0 radical (unpaired) electrons. The van der Waals surface area contributed by atoms with Crippen LogP contribution < -0.4 is 5.32 Å². The van der Waals surface area contributed by atoms with Gasteiger partial charge >= 0.3 is 5.97 Å². The van der Waals surface area contributed by atoms with Crippen LogP contribution in [0.1, 0.15) is 27.2 Å². The molecule has 0 saturated carbocycles. The van der Waals surface area contributed by atoms with Crippen LogP contribution in [-0.4, -0.2) is 30.6 Å². The number of carbonyl (C=O) groups excluding carboxylic acids is 2. The average Bonchev–Trinajstić information content (AvgIpc) is 2.32. The van der Waals surface area contributed by atoms with Crippen molar-refractivity contribution >= 4 is 11.9 Å². The number of esters is 1. The lowest BCUT2D eigenvalue weighted by molar-refractivity contribution is -0.145. The van der Waals surface area contributed by atoms with E-state index >= 15 is 0 Å². The Morgan fingerprint density at radius 3 is 2.44 bits per heavy atom. The summed E-state index contributed by atoms with van der Waals surface area (Å²) < 4.78 is 4.61. The zero-order chi connectivity index (χ0) is 14.1. The fourth-order valence-electron chi connectivity index (χ4n) is 1.25. The van der Waals surface area contributed by atoms with Gasteiger partial charge in [0.2, 0.25) is 11.9 Å². The van der Waals surface area contributed by atoms with E-state index in [0.717, 1.165) is 0 Å². The highest BCUT2D eigenvalue weighted by Crippen LogP contribution is 2.08. The van der Waals surface area contributed by atoms with Gasteiger partial charge in [-0.15, -0.1) is 4.91 Å². The number of hydrogen-bond acceptors (Lipinski definition) is 6. The molecule has 0 heterocycles. The summed E-state index contributed by atoms with van der Waals surface area (Å²) in [6, 6.07) is -0.910. The molecule has 0 aromatic carbocycles. The molecule has 0 spiro atoms. The number of hydrogen-bond donors (Lipinski definition) is 1. The molecule has 1 amide bonds. The molecule has 0 rings (SSSR count). The summed E-state index contributed by atoms with van der Waals surface area (Å²) in [6.45, 7) is 5.36. The monoisotopic (exact) mass is 255 g/mol. The van der Waals surface area contributed by atoms with Gasteiger partial charge < -0.3 is 10.1 Å². The Balaban J connectivity index is 4.55. The quantitative estimate of drug-likeness (QED) is 0.533. The molecule has 7 heteroatoms. The maximum atomic E-state index is 11.6. The van der Waals surface area contributed by atoms with E-state index < -0.39 is 24.0 Å². The molecular formula is C11H17N3O4. The minimum atomic E-state index is -1.41. The van der Waals surface area contributed by atoms with Gasteiger partial charge in [0, 0.05) is 0 Å². The number of ether oxygens (including phenoxy) is 1. The van der Waals surface area contributed by atoms with Crippen molar-refractivity contribution in [2.75, 3.05) is 6.61 Å². The van der Waals surface area contributed by atoms with Gasteiger partial charge in [-0.1, -0.05) is 19.0 Å². The van der Waals surface area contributed by atoms with E-state index in [1.54, 1.807) is 13.0 Å². The number of rotatable bonds is 7. The molecule has 2 atom stereocenters. The van der Waals surface area contributed by atoms with E-state index in [1.165, 1.54) is 0 Å². The van der Waals surface area contributed by atoms with Crippen molar-refractivity contribution in [1.82, 2.24) is 5.32 Å². The minimum absolute atomic E-state index is 0.0987. The number of nitrogens with zero attached hydrogens (tertiary/aromatic N) is 2. The van der Waals surface area contributed by atoms with Crippen LogP contribution in [0.5, 0.6) is 0 Å². The fraction of sp³-hybridized carbons (Fsp3) is 0.727. The van der Waals surface area contributed by atoms with Gasteiger partial charge in [0.1, 0.15) is 0 Å². The Hall–Kier alpha value is -1.97. The molecule has 1 N–H and O–H groups in total. The largest absolute Gasteiger partial charge is 0.464 e. The number of nitrogens with one attached hydrogen (secondary N) is 1. The Morgan fingerprint density at radius 1 is 1.44 bits per heavy atom. The maximum absolute atomic E-state index is 11.6. The predicted octanol–water partition coefficient (Wildman–Crippen LogP) is 0.739. The van der Waals surface area contributed by atoms with Crippen LogP contribution in [0, 0.1) is 22.2 Å². The third kappa shape index (κ3) is 5.39. The lowest BCUT2D eigenvalue weighted by Gasteiger charge is -2.14. The third-order valence-electron chi connectivity index (χ3n) is 2.06. The van der Waals surface area contributed by atoms with Gasteiger partial charge in [0.05, 0.1) is 12.7 Å². The Labute approximate surface area is 105 Å². The second kappa shape index (κ2) is 8.17. The van der Waals surface area contributed by atoms with Crippen molar-refractivity contribution in [1.29, 1.82) is 5.26 Å². The second-order valence-corrected chi connectivity index (χ2v) is 4.07. The summed E-state index contributed by atoms with van der Waals surface area (Å²) in [5.41, 5.74) is 0. The maximum Gasteiger partial charge on any atom is 0.343 e. The molecule has 18 heavy (non-hydrogen) atoms. The molecule has 0 bridgehead atoms. The molecule has 0 aromatic rings. The van der Waals surface area contributed by atoms with E-state index in [4.69, 9.17) is 5.26 Å². The van der Waals surface area contributed by atoms with Gasteiger partial charge in [-0.05, 0) is 19.3 Å². The van der Waals surface area contributed by atoms with Crippen LogP contribution in [0.15, 0.2) is 5.18 Å². The average molecular weight is 255 g/mol. The predicted molar refractivity (Wildman–Crippen MR) is 63.2 cm³/mol. The lowest BCUT2D eigenvalue weighted by Crippen LogP contribution is -2.45. The summed E-state index contributed by atoms with van der Waals surface area (Å²) in [7, 11) is 0. The van der Waals surface area contributed by atoms with E-state index in [2.05, 4.69) is 15.2 Å². The zero-order valence-electron chi connectivity index (χ0n) is 10.7. The number of carbonyl (C=O) groups is 2. The summed E-state index contributed by atoms with van der Waals surface area (Å²) in [5, 5.41) is 13.6. The van der Waals surface area contributed by atoms with Gasteiger partial charge in [0.15, 0.2) is 6.04 Å². The smallest absolute Gasteiger partial charge is 0.343 e. The standard InChI is InChI=1S/C11H17N3O4/c1-4-18-11(16)9(6-12)13-10(15)8(14-17)5-7(2)3/h7-9H,4-5H2,1-3H3,(H,13,15). The van der Waals surface area contributed by atoms with Crippen LogP contribution in [0.4, 0.5) is 0 Å². The second-order valence-electron chi connectivity index (χ2n) is 4.07. The first-order chi connectivity index (χ1) is 8.46. The first-order valence-electron chi connectivity index (χ1n) is 5.65. The van der Waals surface area contributed by atoms with Crippen LogP contribution in [-0.2, 0) is 14.3 Å². The van der Waals surface area contributed by atoms with Crippen molar-refractivity contribution in [3.8, 4) is 6.07 Å². The number of amides is 1. The minimum Gasteiger partial charge on any atom is -0.464 e. The van der Waals surface area contributed by atoms with Crippen molar-refractivity contribution in [2.24, 2.45) is 11.1 Å². The molecule has 0 aliphatic rings. The van der Waals surface area contributed by atoms with Crippen LogP contribution in [0.25, 0.3) is 0 Å². The SMILES string of the molecule is CCOC(=O)C(C#N)NC(=O)C(CC(C)C)N=O. The molecular weight excluding hydrogens is 238 g/mol. The van der Waals surface area contributed by atoms with Gasteiger partial charge in [0.25, 0.3) is 0 Å². The molecule has 0 fully saturated rings. The molecule has 0 aliphatic heterocycles. The number of nitroso groups, excluding NO2 is 1. The summed E-state index contributed by atoms with van der Waals surface area (Å²) in [5.74, 6) is -1.48. The first kappa shape index (κ1) is 16.0. The van der Waals surface area contributed by atoms with E-state index in [9.17, 15) is 14.5 Å². The topological polar surface area (TPSA) is 109 Å². The molecule has 0 aromatic heterocycles. The highest BCUT2D eigenvalue weighted by molar-refractivity contribution is 5.89. The van der Waals surface area contributed by atoms with Crippen LogP contribution >= 0.6 is 0 Å². The van der Waals surface area contributed by atoms with Gasteiger partial charge in [-0.2, -0.15) is 5.26 Å². The summed E-state index contributed by atoms with van der Waals surface area (Å²) in [6.07, 6.45) is 0.260. The Morgan fingerprint density at radius 2 is 2.06 bits per heavy atom. The molecule has 0 aliphatic carbocycles. The fourth-order valence-corrected chi connectivity index (χ4v) is 1.25. The Bertz CT molecular complexity index is 349. The van der Waals surface area contributed by atoms with Gasteiger partial charge in [-0.3, -0.25) is 4.79 Å². The van der Waals surface area contributed by atoms with Gasteiger partial charge in [-0.25, -0.2) is 4.79 Å². The van der Waals surface area contributed by atoms with Crippen LogP contribution in [0.3, 0.4) is 0 Å². The van der Waals surface area contributed by atoms with Crippen molar-refractivity contribution < 1.29 is 14.3 Å². The first-order valence-corrected chi connectivity index (χ1v) is 5.65. The molecule has 100 valence electrons. The van der Waals surface area contributed by atoms with Crippen molar-refractivity contribution in [2.45, 2.75) is 39.3 Å². The van der Waals surface area contributed by atoms with Crippen LogP contribution in [0.2, 0.25) is 0 Å². The molecule has 0 saturated heterocycles. The van der Waals surface area contributed by atoms with E-state index in [-0.39, 0.29) is 18.9 Å². The highest BCUT2D eigenvalue weighted by Gasteiger charge is 2.27. The van der Waals surface area contributed by atoms with Crippen molar-refractivity contribution in [3.63, 3.8) is 0 Å². The molecule has 2 unspecified atom stereocenters.